The highest BCUT2D eigenvalue weighted by Crippen LogP contribution is 2.37. The smallest absolute Gasteiger partial charge is 0.338 e. The lowest BCUT2D eigenvalue weighted by molar-refractivity contribution is -0.139. The van der Waals surface area contributed by atoms with E-state index in [0.29, 0.717) is 65.1 Å². The predicted octanol–water partition coefficient (Wildman–Crippen LogP) is 3.72. The van der Waals surface area contributed by atoms with Gasteiger partial charge in [0.05, 0.1) is 32.4 Å². The second-order valence-corrected chi connectivity index (χ2v) is 10.2. The second-order valence-electron chi connectivity index (χ2n) is 9.72. The first-order valence-electron chi connectivity index (χ1n) is 13.1. The van der Waals surface area contributed by atoms with Gasteiger partial charge in [-0.05, 0) is 50.2 Å². The van der Waals surface area contributed by atoms with Gasteiger partial charge in [-0.1, -0.05) is 11.6 Å². The van der Waals surface area contributed by atoms with Gasteiger partial charge in [0.2, 0.25) is 0 Å². The van der Waals surface area contributed by atoms with E-state index < -0.39 is 12.0 Å². The number of ether oxygens (including phenoxy) is 3. The number of nitrogens with zero attached hydrogens (tertiary/aromatic N) is 3. The van der Waals surface area contributed by atoms with Gasteiger partial charge in [-0.2, -0.15) is 0 Å². The zero-order valence-corrected chi connectivity index (χ0v) is 24.2. The first-order chi connectivity index (χ1) is 19.2. The number of rotatable bonds is 8. The van der Waals surface area contributed by atoms with Crippen molar-refractivity contribution in [1.82, 2.24) is 20.0 Å². The Labute approximate surface area is 239 Å². The van der Waals surface area contributed by atoms with E-state index >= 15 is 0 Å². The highest BCUT2D eigenvalue weighted by molar-refractivity contribution is 6.30. The number of methoxy groups -OCH3 is 2. The summed E-state index contributed by atoms with van der Waals surface area (Å²) >= 11 is 5.98. The normalized spacial score (nSPS) is 19.8. The van der Waals surface area contributed by atoms with Crippen molar-refractivity contribution >= 4 is 29.5 Å². The Balaban J connectivity index is 1.64. The second kappa shape index (κ2) is 12.6. The molecule has 40 heavy (non-hydrogen) atoms. The molecule has 2 aliphatic rings. The lowest BCUT2D eigenvalue weighted by Gasteiger charge is -2.42. The van der Waals surface area contributed by atoms with Crippen molar-refractivity contribution in [2.75, 3.05) is 54.1 Å². The largest absolute Gasteiger partial charge is 0.497 e. The Kier molecular flexibility index (Phi) is 9.21. The molecule has 10 nitrogen and oxygen atoms in total. The van der Waals surface area contributed by atoms with Crippen molar-refractivity contribution < 1.29 is 28.6 Å². The highest BCUT2D eigenvalue weighted by atomic mass is 35.5. The summed E-state index contributed by atoms with van der Waals surface area (Å²) in [7, 11) is 4.71. The summed E-state index contributed by atoms with van der Waals surface area (Å²) in [5.41, 5.74) is 2.06. The van der Waals surface area contributed by atoms with Crippen LogP contribution < -0.4 is 14.8 Å². The molecule has 0 spiro atoms. The average Bonchev–Trinajstić information content (AvgIpc) is 2.95. The van der Waals surface area contributed by atoms with Gasteiger partial charge < -0.3 is 24.4 Å². The van der Waals surface area contributed by atoms with Crippen LogP contribution in [0, 0.1) is 0 Å². The first-order valence-corrected chi connectivity index (χ1v) is 13.5. The quantitative estimate of drug-likeness (QED) is 0.483. The minimum atomic E-state index is -0.788. The third-order valence-electron chi connectivity index (χ3n) is 7.26. The number of halogens is 1. The van der Waals surface area contributed by atoms with E-state index in [2.05, 4.69) is 10.2 Å². The number of esters is 1. The van der Waals surface area contributed by atoms with Crippen LogP contribution in [0.25, 0.3) is 0 Å². The number of hydrogen-bond donors (Lipinski definition) is 1. The summed E-state index contributed by atoms with van der Waals surface area (Å²) in [5.74, 6) is 0.480. The van der Waals surface area contributed by atoms with Gasteiger partial charge in [0.25, 0.3) is 5.91 Å². The van der Waals surface area contributed by atoms with Crippen LogP contribution in [0.3, 0.4) is 0 Å². The standard InChI is InChI=1S/C29H35ClN4O6/c1-6-40-28(36)25-23(32(3)29(37)31-26(25)22-12-11-21(38-4)15-24(22)39-5)17-33-13-14-34(18(2)16-33)27(35)19-7-9-20(30)10-8-19/h7-12,15,18,26H,6,13-14,16-17H2,1-5H3,(H,31,37). The van der Waals surface area contributed by atoms with E-state index in [-0.39, 0.29) is 24.6 Å². The molecule has 214 valence electrons. The predicted molar refractivity (Wildman–Crippen MR) is 151 cm³/mol. The van der Waals surface area contributed by atoms with E-state index in [4.69, 9.17) is 25.8 Å². The number of benzene rings is 2. The van der Waals surface area contributed by atoms with Crippen LogP contribution in [0.1, 0.15) is 35.8 Å². The van der Waals surface area contributed by atoms with Gasteiger partial charge in [-0.3, -0.25) is 14.6 Å². The molecule has 1 fully saturated rings. The Morgan fingerprint density at radius 1 is 1.07 bits per heavy atom. The molecule has 2 aromatic rings. The summed E-state index contributed by atoms with van der Waals surface area (Å²) in [6.45, 7) is 5.85. The number of hydrogen-bond acceptors (Lipinski definition) is 7. The van der Waals surface area contributed by atoms with Gasteiger partial charge in [-0.15, -0.1) is 0 Å². The summed E-state index contributed by atoms with van der Waals surface area (Å²) in [6, 6.07) is 10.9. The van der Waals surface area contributed by atoms with Crippen molar-refractivity contribution in [2.45, 2.75) is 25.9 Å². The number of urea groups is 1. The third-order valence-corrected chi connectivity index (χ3v) is 7.51. The molecule has 1 N–H and O–H groups in total. The Morgan fingerprint density at radius 3 is 2.42 bits per heavy atom. The molecule has 4 rings (SSSR count). The lowest BCUT2D eigenvalue weighted by atomic mass is 9.93. The molecule has 1 saturated heterocycles. The van der Waals surface area contributed by atoms with Crippen molar-refractivity contribution in [3.8, 4) is 11.5 Å². The molecule has 0 aliphatic carbocycles. The van der Waals surface area contributed by atoms with Gasteiger partial charge in [0, 0.05) is 67.2 Å². The summed E-state index contributed by atoms with van der Waals surface area (Å²) in [4.78, 5) is 45.1. The fourth-order valence-corrected chi connectivity index (χ4v) is 5.26. The van der Waals surface area contributed by atoms with Gasteiger partial charge in [-0.25, -0.2) is 9.59 Å². The number of carbonyl (C=O) groups excluding carboxylic acids is 3. The van der Waals surface area contributed by atoms with E-state index in [1.807, 2.05) is 11.8 Å². The molecule has 2 atom stereocenters. The Hall–Kier alpha value is -3.76. The van der Waals surface area contributed by atoms with Crippen LogP contribution in [-0.4, -0.2) is 92.7 Å². The molecule has 3 amide bonds. The first kappa shape index (κ1) is 29.2. The Morgan fingerprint density at radius 2 is 1.80 bits per heavy atom. The maximum Gasteiger partial charge on any atom is 0.338 e. The van der Waals surface area contributed by atoms with Crippen LogP contribution in [-0.2, 0) is 9.53 Å². The maximum absolute atomic E-state index is 13.4. The van der Waals surface area contributed by atoms with E-state index in [1.165, 1.54) is 12.0 Å². The van der Waals surface area contributed by atoms with Crippen LogP contribution >= 0.6 is 11.6 Å². The van der Waals surface area contributed by atoms with E-state index in [9.17, 15) is 14.4 Å². The van der Waals surface area contributed by atoms with Crippen LogP contribution in [0.5, 0.6) is 11.5 Å². The molecule has 2 unspecified atom stereocenters. The monoisotopic (exact) mass is 570 g/mol. The molecule has 2 aromatic carbocycles. The summed E-state index contributed by atoms with van der Waals surface area (Å²) < 4.78 is 16.4. The number of piperazine rings is 1. The van der Waals surface area contributed by atoms with Gasteiger partial charge >= 0.3 is 12.0 Å². The molecule has 2 heterocycles. The number of carbonyl (C=O) groups is 3. The summed E-state index contributed by atoms with van der Waals surface area (Å²) in [5, 5.41) is 3.51. The van der Waals surface area contributed by atoms with Crippen LogP contribution in [0.2, 0.25) is 5.02 Å². The fraction of sp³-hybridized carbons (Fsp3) is 0.414. The van der Waals surface area contributed by atoms with Gasteiger partial charge in [0.1, 0.15) is 11.5 Å². The third kappa shape index (κ3) is 6.03. The summed E-state index contributed by atoms with van der Waals surface area (Å²) in [6.07, 6.45) is 0. The minimum Gasteiger partial charge on any atom is -0.497 e. The maximum atomic E-state index is 13.4. The molecule has 0 bridgehead atoms. The van der Waals surface area contributed by atoms with Gasteiger partial charge in [0.15, 0.2) is 0 Å². The average molecular weight is 571 g/mol. The topological polar surface area (TPSA) is 101 Å². The van der Waals surface area contributed by atoms with Crippen molar-refractivity contribution in [1.29, 1.82) is 0 Å². The van der Waals surface area contributed by atoms with Crippen molar-refractivity contribution in [3.05, 3.63) is 69.9 Å². The fourth-order valence-electron chi connectivity index (χ4n) is 5.14. The van der Waals surface area contributed by atoms with E-state index in [0.717, 1.165) is 0 Å². The highest BCUT2D eigenvalue weighted by Gasteiger charge is 2.39. The SMILES string of the molecule is CCOC(=O)C1=C(CN2CCN(C(=O)c3ccc(Cl)cc3)C(C)C2)N(C)C(=O)NC1c1ccc(OC)cc1OC. The van der Waals surface area contributed by atoms with Crippen LogP contribution in [0.4, 0.5) is 4.79 Å². The molecule has 0 saturated carbocycles. The molecular weight excluding hydrogens is 536 g/mol. The molecule has 2 aliphatic heterocycles. The molecular formula is C29H35ClN4O6. The molecule has 0 radical (unpaired) electrons. The molecule has 0 aromatic heterocycles. The van der Waals surface area contributed by atoms with Crippen molar-refractivity contribution in [3.63, 3.8) is 0 Å². The minimum absolute atomic E-state index is 0.0592. The molecule has 11 heteroatoms. The number of amides is 3. The zero-order chi connectivity index (χ0) is 29.0. The number of nitrogens with one attached hydrogen (secondary N) is 1. The van der Waals surface area contributed by atoms with E-state index in [1.54, 1.807) is 63.5 Å². The zero-order valence-electron chi connectivity index (χ0n) is 23.4. The lowest BCUT2D eigenvalue weighted by Crippen LogP contribution is -2.56. The Bertz CT molecular complexity index is 1300. The number of likely N-dealkylation sites (N-methyl/N-ethyl adjacent to an activating group) is 1. The van der Waals surface area contributed by atoms with Crippen molar-refractivity contribution in [2.24, 2.45) is 0 Å². The van der Waals surface area contributed by atoms with Crippen LogP contribution in [0.15, 0.2) is 53.7 Å².